The standard InChI is InChI=1S/C25H30N2O3S/c1-17-10-12-27(13-11-17)15-20-16-31-25(26-20)19-7-5-6-18(14-19)21-8-9-22(28-2)24(30-4)23(21)29-3/h5-9,14,16-17H,10-13,15H2,1-4H3. The summed E-state index contributed by atoms with van der Waals surface area (Å²) in [4.78, 5) is 7.45. The third-order valence-electron chi connectivity index (χ3n) is 5.94. The zero-order valence-corrected chi connectivity index (χ0v) is 19.5. The van der Waals surface area contributed by atoms with E-state index < -0.39 is 0 Å². The number of hydrogen-bond donors (Lipinski definition) is 0. The van der Waals surface area contributed by atoms with Gasteiger partial charge in [0.05, 0.1) is 27.0 Å². The Morgan fingerprint density at radius 3 is 2.42 bits per heavy atom. The highest BCUT2D eigenvalue weighted by Crippen LogP contribution is 2.44. The van der Waals surface area contributed by atoms with E-state index in [1.807, 2.05) is 12.1 Å². The molecule has 1 fully saturated rings. The summed E-state index contributed by atoms with van der Waals surface area (Å²) in [5.41, 5.74) is 4.28. The normalized spacial score (nSPS) is 15.1. The molecule has 1 aromatic heterocycles. The van der Waals surface area contributed by atoms with Gasteiger partial charge in [-0.1, -0.05) is 25.1 Å². The number of ether oxygens (including phenoxy) is 3. The number of methoxy groups -OCH3 is 3. The Bertz CT molecular complexity index is 1030. The lowest BCUT2D eigenvalue weighted by Crippen LogP contribution is -2.32. The maximum absolute atomic E-state index is 5.68. The lowest BCUT2D eigenvalue weighted by Gasteiger charge is -2.29. The zero-order valence-electron chi connectivity index (χ0n) is 18.7. The molecule has 1 saturated heterocycles. The number of benzene rings is 2. The number of nitrogens with zero attached hydrogens (tertiary/aromatic N) is 2. The van der Waals surface area contributed by atoms with Gasteiger partial charge in [-0.25, -0.2) is 4.98 Å². The maximum Gasteiger partial charge on any atom is 0.203 e. The van der Waals surface area contributed by atoms with Crippen LogP contribution in [0.2, 0.25) is 0 Å². The number of rotatable bonds is 7. The topological polar surface area (TPSA) is 43.8 Å². The molecule has 1 aliphatic heterocycles. The predicted molar refractivity (Wildman–Crippen MR) is 126 cm³/mol. The molecule has 0 amide bonds. The molecule has 0 spiro atoms. The monoisotopic (exact) mass is 438 g/mol. The van der Waals surface area contributed by atoms with Gasteiger partial charge in [-0.05, 0) is 55.6 Å². The van der Waals surface area contributed by atoms with Gasteiger partial charge in [-0.15, -0.1) is 11.3 Å². The molecule has 0 N–H and O–H groups in total. The number of aromatic nitrogens is 1. The average molecular weight is 439 g/mol. The van der Waals surface area contributed by atoms with Crippen LogP contribution in [0.4, 0.5) is 0 Å². The number of hydrogen-bond acceptors (Lipinski definition) is 6. The fourth-order valence-corrected chi connectivity index (χ4v) is 4.92. The van der Waals surface area contributed by atoms with Gasteiger partial charge in [0, 0.05) is 23.1 Å². The van der Waals surface area contributed by atoms with Crippen molar-refractivity contribution in [2.24, 2.45) is 5.92 Å². The molecule has 0 atom stereocenters. The lowest BCUT2D eigenvalue weighted by molar-refractivity contribution is 0.184. The van der Waals surface area contributed by atoms with Crippen LogP contribution in [0.1, 0.15) is 25.5 Å². The Hall–Kier alpha value is -2.57. The third kappa shape index (κ3) is 4.70. The van der Waals surface area contributed by atoms with Crippen LogP contribution >= 0.6 is 11.3 Å². The highest BCUT2D eigenvalue weighted by molar-refractivity contribution is 7.13. The zero-order chi connectivity index (χ0) is 21.8. The molecule has 5 nitrogen and oxygen atoms in total. The van der Waals surface area contributed by atoms with E-state index in [4.69, 9.17) is 19.2 Å². The van der Waals surface area contributed by atoms with E-state index in [2.05, 4.69) is 41.5 Å². The van der Waals surface area contributed by atoms with Crippen molar-refractivity contribution < 1.29 is 14.2 Å². The van der Waals surface area contributed by atoms with Crippen molar-refractivity contribution in [2.75, 3.05) is 34.4 Å². The second-order valence-corrected chi connectivity index (χ2v) is 8.92. The molecule has 6 heteroatoms. The van der Waals surface area contributed by atoms with Crippen molar-refractivity contribution in [3.63, 3.8) is 0 Å². The van der Waals surface area contributed by atoms with Crippen LogP contribution in [0.3, 0.4) is 0 Å². The van der Waals surface area contributed by atoms with Crippen LogP contribution in [0.5, 0.6) is 17.2 Å². The van der Waals surface area contributed by atoms with Gasteiger partial charge < -0.3 is 14.2 Å². The largest absolute Gasteiger partial charge is 0.493 e. The number of piperidine rings is 1. The first kappa shape index (κ1) is 21.7. The van der Waals surface area contributed by atoms with Crippen molar-refractivity contribution in [2.45, 2.75) is 26.3 Å². The fourth-order valence-electron chi connectivity index (χ4n) is 4.11. The van der Waals surface area contributed by atoms with E-state index in [9.17, 15) is 0 Å². The van der Waals surface area contributed by atoms with Crippen molar-refractivity contribution in [1.82, 2.24) is 9.88 Å². The van der Waals surface area contributed by atoms with Crippen molar-refractivity contribution >= 4 is 11.3 Å². The van der Waals surface area contributed by atoms with Crippen LogP contribution in [0, 0.1) is 5.92 Å². The molecule has 31 heavy (non-hydrogen) atoms. The smallest absolute Gasteiger partial charge is 0.203 e. The lowest BCUT2D eigenvalue weighted by atomic mass is 9.99. The fraction of sp³-hybridized carbons (Fsp3) is 0.400. The van der Waals surface area contributed by atoms with Crippen molar-refractivity contribution in [3.8, 4) is 38.9 Å². The second kappa shape index (κ2) is 9.71. The molecule has 164 valence electrons. The maximum atomic E-state index is 5.68. The Morgan fingerprint density at radius 1 is 0.968 bits per heavy atom. The Labute approximate surface area is 188 Å². The van der Waals surface area contributed by atoms with Gasteiger partial charge in [0.25, 0.3) is 0 Å². The molecule has 1 aliphatic rings. The Kier molecular flexibility index (Phi) is 6.78. The summed E-state index contributed by atoms with van der Waals surface area (Å²) in [7, 11) is 4.90. The average Bonchev–Trinajstić information content (AvgIpc) is 3.28. The summed E-state index contributed by atoms with van der Waals surface area (Å²) in [5, 5.41) is 3.23. The predicted octanol–water partition coefficient (Wildman–Crippen LogP) is 5.73. The first-order valence-corrected chi connectivity index (χ1v) is 11.6. The van der Waals surface area contributed by atoms with E-state index in [0.717, 1.165) is 39.9 Å². The molecule has 0 saturated carbocycles. The minimum atomic E-state index is 0.597. The van der Waals surface area contributed by atoms with E-state index in [-0.39, 0.29) is 0 Å². The number of thiazole rings is 1. The Balaban J connectivity index is 1.59. The highest BCUT2D eigenvalue weighted by atomic mass is 32.1. The summed E-state index contributed by atoms with van der Waals surface area (Å²) in [6.45, 7) is 5.62. The molecule has 0 aliphatic carbocycles. The summed E-state index contributed by atoms with van der Waals surface area (Å²) < 4.78 is 16.7. The first-order chi connectivity index (χ1) is 15.1. The summed E-state index contributed by atoms with van der Waals surface area (Å²) in [6.07, 6.45) is 2.57. The van der Waals surface area contributed by atoms with E-state index in [1.54, 1.807) is 32.7 Å². The minimum Gasteiger partial charge on any atom is -0.493 e. The van der Waals surface area contributed by atoms with Crippen LogP contribution in [0.25, 0.3) is 21.7 Å². The molecule has 4 rings (SSSR count). The van der Waals surface area contributed by atoms with Gasteiger partial charge in [-0.2, -0.15) is 0 Å². The van der Waals surface area contributed by atoms with Gasteiger partial charge in [-0.3, -0.25) is 4.90 Å². The molecule has 0 radical (unpaired) electrons. The van der Waals surface area contributed by atoms with E-state index >= 15 is 0 Å². The van der Waals surface area contributed by atoms with Gasteiger partial charge in [0.2, 0.25) is 5.75 Å². The minimum absolute atomic E-state index is 0.597. The molecule has 2 aromatic carbocycles. The van der Waals surface area contributed by atoms with Crippen molar-refractivity contribution in [1.29, 1.82) is 0 Å². The molecule has 0 bridgehead atoms. The highest BCUT2D eigenvalue weighted by Gasteiger charge is 2.19. The molecule has 0 unspecified atom stereocenters. The summed E-state index contributed by atoms with van der Waals surface area (Å²) in [5.74, 6) is 2.76. The second-order valence-electron chi connectivity index (χ2n) is 8.07. The van der Waals surface area contributed by atoms with Crippen LogP contribution in [-0.4, -0.2) is 44.3 Å². The van der Waals surface area contributed by atoms with Gasteiger partial charge in [0.15, 0.2) is 11.5 Å². The number of likely N-dealkylation sites (tertiary alicyclic amines) is 1. The van der Waals surface area contributed by atoms with E-state index in [0.29, 0.717) is 17.2 Å². The quantitative estimate of drug-likeness (QED) is 0.471. The molecular formula is C25H30N2O3S. The first-order valence-electron chi connectivity index (χ1n) is 10.7. The summed E-state index contributed by atoms with van der Waals surface area (Å²) >= 11 is 1.71. The van der Waals surface area contributed by atoms with Crippen LogP contribution in [0.15, 0.2) is 41.8 Å². The Morgan fingerprint density at radius 2 is 1.71 bits per heavy atom. The molecular weight excluding hydrogens is 408 g/mol. The molecule has 2 heterocycles. The van der Waals surface area contributed by atoms with Gasteiger partial charge in [0.1, 0.15) is 5.01 Å². The van der Waals surface area contributed by atoms with Gasteiger partial charge >= 0.3 is 0 Å². The van der Waals surface area contributed by atoms with Crippen molar-refractivity contribution in [3.05, 3.63) is 47.5 Å². The SMILES string of the molecule is COc1ccc(-c2cccc(-c3nc(CN4CCC(C)CC4)cs3)c2)c(OC)c1OC. The van der Waals surface area contributed by atoms with E-state index in [1.165, 1.54) is 25.9 Å². The summed E-state index contributed by atoms with van der Waals surface area (Å²) in [6, 6.07) is 12.3. The third-order valence-corrected chi connectivity index (χ3v) is 6.88. The van der Waals surface area contributed by atoms with Crippen LogP contribution < -0.4 is 14.2 Å². The van der Waals surface area contributed by atoms with Crippen LogP contribution in [-0.2, 0) is 6.54 Å². The molecule has 3 aromatic rings.